The molecule has 2 aliphatic rings. The van der Waals surface area contributed by atoms with Gasteiger partial charge in [0.15, 0.2) is 0 Å². The number of hydrogen-bond donors (Lipinski definition) is 2. The summed E-state index contributed by atoms with van der Waals surface area (Å²) in [7, 11) is 0. The number of halogens is 1. The molecule has 0 aliphatic carbocycles. The van der Waals surface area contributed by atoms with Gasteiger partial charge in [-0.25, -0.2) is 9.69 Å². The molecule has 1 fully saturated rings. The Bertz CT molecular complexity index is 1170. The molecule has 2 aliphatic heterocycles. The zero-order chi connectivity index (χ0) is 24.6. The fraction of sp³-hybridized carbons (Fsp3) is 0.346. The van der Waals surface area contributed by atoms with Crippen LogP contribution in [0.4, 0.5) is 16.2 Å². The number of fused-ring (bicyclic) bond motifs is 1. The summed E-state index contributed by atoms with van der Waals surface area (Å²) in [6.45, 7) is 9.42. The molecule has 8 heteroatoms. The number of hydrogen-bond acceptors (Lipinski definition) is 4. The summed E-state index contributed by atoms with van der Waals surface area (Å²) in [4.78, 5) is 40.9. The van der Waals surface area contributed by atoms with Gasteiger partial charge in [-0.1, -0.05) is 24.6 Å². The number of nitrogens with zero attached hydrogens (tertiary/aromatic N) is 2. The largest absolute Gasteiger partial charge is 0.366 e. The minimum absolute atomic E-state index is 0.0730. The van der Waals surface area contributed by atoms with Gasteiger partial charge in [-0.2, -0.15) is 0 Å². The SMILES string of the molecule is CCN1c2ccc(/C=C3\NC(=O)N(CC(=O)Nc4ccc(Cl)cc4)C3=O)cc2[C@H](C)CC1(C)C. The lowest BCUT2D eigenvalue weighted by Gasteiger charge is -2.47. The molecule has 2 N–H and O–H groups in total. The summed E-state index contributed by atoms with van der Waals surface area (Å²) in [5, 5.41) is 5.80. The first-order valence-corrected chi connectivity index (χ1v) is 11.8. The van der Waals surface area contributed by atoms with Crippen LogP contribution in [0.15, 0.2) is 48.2 Å². The van der Waals surface area contributed by atoms with Crippen molar-refractivity contribution in [1.82, 2.24) is 10.2 Å². The molecular weight excluding hydrogens is 452 g/mol. The molecule has 0 spiro atoms. The lowest BCUT2D eigenvalue weighted by atomic mass is 9.79. The monoisotopic (exact) mass is 480 g/mol. The van der Waals surface area contributed by atoms with Crippen LogP contribution in [0.25, 0.3) is 6.08 Å². The lowest BCUT2D eigenvalue weighted by Crippen LogP contribution is -2.48. The maximum absolute atomic E-state index is 12.9. The molecule has 4 rings (SSSR count). The van der Waals surface area contributed by atoms with Crippen LogP contribution >= 0.6 is 11.6 Å². The molecule has 0 aromatic heterocycles. The molecule has 1 atom stereocenters. The Morgan fingerprint density at radius 1 is 1.21 bits per heavy atom. The summed E-state index contributed by atoms with van der Waals surface area (Å²) in [5.41, 5.74) is 4.02. The number of amides is 4. The standard InChI is InChI=1S/C26H29ClN4O3/c1-5-31-22-11-6-17(12-20(22)16(2)14-26(31,3)4)13-21-24(33)30(25(34)29-21)15-23(32)28-19-9-7-18(27)8-10-19/h6-13,16H,5,14-15H2,1-4H3,(H,28,32)(H,29,34)/b21-13-/t16-/m1/s1. The van der Waals surface area contributed by atoms with E-state index in [0.29, 0.717) is 16.6 Å². The predicted molar refractivity (Wildman–Crippen MR) is 135 cm³/mol. The van der Waals surface area contributed by atoms with Crippen molar-refractivity contribution in [2.45, 2.75) is 45.6 Å². The highest BCUT2D eigenvalue weighted by molar-refractivity contribution is 6.30. The lowest BCUT2D eigenvalue weighted by molar-refractivity contribution is -0.127. The third-order valence-corrected chi connectivity index (χ3v) is 6.68. The Balaban J connectivity index is 1.50. The van der Waals surface area contributed by atoms with Crippen molar-refractivity contribution >= 4 is 46.9 Å². The molecule has 1 saturated heterocycles. The van der Waals surface area contributed by atoms with E-state index in [1.165, 1.54) is 11.3 Å². The number of anilines is 2. The van der Waals surface area contributed by atoms with Gasteiger partial charge in [0.1, 0.15) is 12.2 Å². The first kappa shape index (κ1) is 23.8. The Labute approximate surface area is 204 Å². The van der Waals surface area contributed by atoms with E-state index >= 15 is 0 Å². The zero-order valence-electron chi connectivity index (χ0n) is 19.8. The number of carbonyl (C=O) groups excluding carboxylic acids is 3. The third-order valence-electron chi connectivity index (χ3n) is 6.43. The summed E-state index contributed by atoms with van der Waals surface area (Å²) in [6.07, 6.45) is 2.69. The molecule has 178 valence electrons. The smallest absolute Gasteiger partial charge is 0.329 e. The van der Waals surface area contributed by atoms with Crippen molar-refractivity contribution in [2.75, 3.05) is 23.3 Å². The van der Waals surface area contributed by atoms with E-state index in [-0.39, 0.29) is 17.8 Å². The van der Waals surface area contributed by atoms with Crippen molar-refractivity contribution in [1.29, 1.82) is 0 Å². The van der Waals surface area contributed by atoms with Gasteiger partial charge < -0.3 is 15.5 Å². The van der Waals surface area contributed by atoms with Crippen LogP contribution in [0, 0.1) is 0 Å². The number of benzene rings is 2. The summed E-state index contributed by atoms with van der Waals surface area (Å²) in [6, 6.07) is 12.1. The Kier molecular flexibility index (Phi) is 6.41. The number of carbonyl (C=O) groups is 3. The highest BCUT2D eigenvalue weighted by Gasteiger charge is 2.37. The van der Waals surface area contributed by atoms with E-state index in [1.54, 1.807) is 30.3 Å². The second-order valence-corrected chi connectivity index (χ2v) is 9.85. The molecular formula is C26H29ClN4O3. The Morgan fingerprint density at radius 2 is 1.91 bits per heavy atom. The van der Waals surface area contributed by atoms with Crippen molar-refractivity contribution in [3.05, 3.63) is 64.3 Å². The molecule has 34 heavy (non-hydrogen) atoms. The van der Waals surface area contributed by atoms with Gasteiger partial charge in [-0.05, 0) is 86.7 Å². The average Bonchev–Trinajstić information content (AvgIpc) is 3.02. The number of rotatable bonds is 5. The fourth-order valence-corrected chi connectivity index (χ4v) is 5.08. The van der Waals surface area contributed by atoms with Crippen LogP contribution < -0.4 is 15.5 Å². The van der Waals surface area contributed by atoms with E-state index in [1.807, 2.05) is 6.07 Å². The number of imide groups is 1. The first-order chi connectivity index (χ1) is 16.1. The molecule has 4 amide bonds. The van der Waals surface area contributed by atoms with E-state index in [0.717, 1.165) is 23.4 Å². The second kappa shape index (κ2) is 9.14. The van der Waals surface area contributed by atoms with Crippen LogP contribution in [0.2, 0.25) is 5.02 Å². The van der Waals surface area contributed by atoms with Gasteiger partial charge in [-0.3, -0.25) is 9.59 Å². The molecule has 7 nitrogen and oxygen atoms in total. The van der Waals surface area contributed by atoms with E-state index in [4.69, 9.17) is 11.6 Å². The normalized spacial score (nSPS) is 20.4. The summed E-state index contributed by atoms with van der Waals surface area (Å²) < 4.78 is 0. The van der Waals surface area contributed by atoms with Crippen LogP contribution in [-0.4, -0.2) is 41.4 Å². The van der Waals surface area contributed by atoms with Crippen molar-refractivity contribution in [2.24, 2.45) is 0 Å². The van der Waals surface area contributed by atoms with Crippen LogP contribution in [0.3, 0.4) is 0 Å². The average molecular weight is 481 g/mol. The zero-order valence-corrected chi connectivity index (χ0v) is 20.6. The fourth-order valence-electron chi connectivity index (χ4n) is 4.96. The van der Waals surface area contributed by atoms with Crippen molar-refractivity contribution in [3.8, 4) is 0 Å². The van der Waals surface area contributed by atoms with Crippen LogP contribution in [0.1, 0.15) is 51.2 Å². The van der Waals surface area contributed by atoms with Gasteiger partial charge in [0.25, 0.3) is 5.91 Å². The molecule has 0 unspecified atom stereocenters. The van der Waals surface area contributed by atoms with Gasteiger partial charge in [0, 0.05) is 28.5 Å². The number of urea groups is 1. The predicted octanol–water partition coefficient (Wildman–Crippen LogP) is 4.98. The second-order valence-electron chi connectivity index (χ2n) is 9.41. The highest BCUT2D eigenvalue weighted by atomic mass is 35.5. The van der Waals surface area contributed by atoms with Crippen molar-refractivity contribution < 1.29 is 14.4 Å². The minimum Gasteiger partial charge on any atom is -0.366 e. The first-order valence-electron chi connectivity index (χ1n) is 11.4. The van der Waals surface area contributed by atoms with Gasteiger partial charge in [0.2, 0.25) is 5.91 Å². The molecule has 2 heterocycles. The topological polar surface area (TPSA) is 81.8 Å². The third kappa shape index (κ3) is 4.66. The Hall–Kier alpha value is -3.32. The van der Waals surface area contributed by atoms with E-state index < -0.39 is 17.8 Å². The van der Waals surface area contributed by atoms with Crippen LogP contribution in [-0.2, 0) is 9.59 Å². The quantitative estimate of drug-likeness (QED) is 0.467. The van der Waals surface area contributed by atoms with E-state index in [9.17, 15) is 14.4 Å². The molecule has 0 bridgehead atoms. The maximum Gasteiger partial charge on any atom is 0.329 e. The summed E-state index contributed by atoms with van der Waals surface area (Å²) in [5.74, 6) is -0.636. The van der Waals surface area contributed by atoms with Gasteiger partial charge in [0.05, 0.1) is 0 Å². The Morgan fingerprint density at radius 3 is 2.59 bits per heavy atom. The highest BCUT2D eigenvalue weighted by Crippen LogP contribution is 2.43. The summed E-state index contributed by atoms with van der Waals surface area (Å²) >= 11 is 5.85. The van der Waals surface area contributed by atoms with E-state index in [2.05, 4.69) is 55.4 Å². The molecule has 2 aromatic carbocycles. The minimum atomic E-state index is -0.618. The molecule has 2 aromatic rings. The van der Waals surface area contributed by atoms with Crippen molar-refractivity contribution in [3.63, 3.8) is 0 Å². The molecule has 0 radical (unpaired) electrons. The van der Waals surface area contributed by atoms with Gasteiger partial charge >= 0.3 is 6.03 Å². The van der Waals surface area contributed by atoms with Gasteiger partial charge in [-0.15, -0.1) is 0 Å². The number of nitrogens with one attached hydrogen (secondary N) is 2. The van der Waals surface area contributed by atoms with Crippen LogP contribution in [0.5, 0.6) is 0 Å². The maximum atomic E-state index is 12.9. The molecule has 0 saturated carbocycles.